The molecule has 120 valence electrons. The number of likely N-dealkylation sites (tertiary alicyclic amines) is 1. The van der Waals surface area contributed by atoms with E-state index in [1.165, 1.54) is 10.9 Å². The monoisotopic (exact) mass is 322 g/mol. The van der Waals surface area contributed by atoms with Gasteiger partial charge in [-0.2, -0.15) is 8.42 Å². The maximum Gasteiger partial charge on any atom is 0.265 e. The standard InChI is InChI=1S/C16H22N2O3S/c1-18-7-4-13(5-8-18)15-11-17-16-3-2-12(10-14(15)16)6-9-22(19,20)21/h2-3,10-11,13,17H,4-9H2,1H3,(H,19,20,21). The van der Waals surface area contributed by atoms with Gasteiger partial charge < -0.3 is 9.88 Å². The highest BCUT2D eigenvalue weighted by atomic mass is 32.2. The van der Waals surface area contributed by atoms with Crippen molar-refractivity contribution in [3.8, 4) is 0 Å². The van der Waals surface area contributed by atoms with Gasteiger partial charge in [0.25, 0.3) is 10.1 Å². The number of benzene rings is 1. The zero-order valence-electron chi connectivity index (χ0n) is 12.7. The average Bonchev–Trinajstić information content (AvgIpc) is 2.88. The van der Waals surface area contributed by atoms with E-state index in [2.05, 4.69) is 29.2 Å². The Morgan fingerprint density at radius 3 is 2.73 bits per heavy atom. The third kappa shape index (κ3) is 3.51. The molecule has 1 aromatic carbocycles. The van der Waals surface area contributed by atoms with Crippen molar-refractivity contribution in [2.24, 2.45) is 0 Å². The van der Waals surface area contributed by atoms with Crippen LogP contribution in [0.5, 0.6) is 0 Å². The minimum Gasteiger partial charge on any atom is -0.361 e. The van der Waals surface area contributed by atoms with Crippen molar-refractivity contribution in [1.82, 2.24) is 9.88 Å². The quantitative estimate of drug-likeness (QED) is 0.848. The molecule has 1 aliphatic heterocycles. The summed E-state index contributed by atoms with van der Waals surface area (Å²) < 4.78 is 30.7. The summed E-state index contributed by atoms with van der Waals surface area (Å²) >= 11 is 0. The van der Waals surface area contributed by atoms with Crippen molar-refractivity contribution >= 4 is 21.0 Å². The van der Waals surface area contributed by atoms with Gasteiger partial charge in [-0.05, 0) is 68.6 Å². The van der Waals surface area contributed by atoms with Crippen LogP contribution in [0.4, 0.5) is 0 Å². The summed E-state index contributed by atoms with van der Waals surface area (Å²) in [4.78, 5) is 5.67. The van der Waals surface area contributed by atoms with Crippen LogP contribution in [-0.4, -0.2) is 48.7 Å². The lowest BCUT2D eigenvalue weighted by Crippen LogP contribution is -2.29. The number of aromatic amines is 1. The van der Waals surface area contributed by atoms with E-state index in [1.807, 2.05) is 12.1 Å². The van der Waals surface area contributed by atoms with Crippen LogP contribution in [0.1, 0.15) is 29.9 Å². The number of fused-ring (bicyclic) bond motifs is 1. The highest BCUT2D eigenvalue weighted by Gasteiger charge is 2.21. The molecule has 5 nitrogen and oxygen atoms in total. The summed E-state index contributed by atoms with van der Waals surface area (Å²) in [5.41, 5.74) is 3.36. The Morgan fingerprint density at radius 2 is 2.05 bits per heavy atom. The third-order valence-electron chi connectivity index (χ3n) is 4.59. The Kier molecular flexibility index (Phi) is 4.25. The molecule has 0 unspecified atom stereocenters. The summed E-state index contributed by atoms with van der Waals surface area (Å²) in [5.74, 6) is 0.328. The van der Waals surface area contributed by atoms with Crippen LogP contribution < -0.4 is 0 Å². The lowest BCUT2D eigenvalue weighted by molar-refractivity contribution is 0.256. The van der Waals surface area contributed by atoms with E-state index >= 15 is 0 Å². The first-order valence-corrected chi connectivity index (χ1v) is 9.27. The van der Waals surface area contributed by atoms with E-state index in [0.717, 1.165) is 37.0 Å². The largest absolute Gasteiger partial charge is 0.361 e. The fourth-order valence-corrected chi connectivity index (χ4v) is 3.74. The summed E-state index contributed by atoms with van der Waals surface area (Å²) in [5, 5.41) is 1.18. The predicted octanol–water partition coefficient (Wildman–Crippen LogP) is 2.41. The third-order valence-corrected chi connectivity index (χ3v) is 5.31. The first-order valence-electron chi connectivity index (χ1n) is 7.66. The van der Waals surface area contributed by atoms with E-state index in [4.69, 9.17) is 4.55 Å². The molecule has 2 aromatic rings. The van der Waals surface area contributed by atoms with Gasteiger partial charge in [-0.25, -0.2) is 0 Å². The Morgan fingerprint density at radius 1 is 1.32 bits per heavy atom. The molecule has 1 aromatic heterocycles. The molecule has 0 amide bonds. The summed E-state index contributed by atoms with van der Waals surface area (Å²) in [6, 6.07) is 5.97. The van der Waals surface area contributed by atoms with Crippen molar-refractivity contribution in [3.05, 3.63) is 35.5 Å². The normalized spacial score (nSPS) is 18.1. The van der Waals surface area contributed by atoms with Crippen LogP contribution in [0.3, 0.4) is 0 Å². The van der Waals surface area contributed by atoms with Gasteiger partial charge in [-0.15, -0.1) is 0 Å². The number of piperidine rings is 1. The molecule has 0 atom stereocenters. The molecular formula is C16H22N2O3S. The first-order chi connectivity index (χ1) is 10.4. The molecule has 0 spiro atoms. The fraction of sp³-hybridized carbons (Fsp3) is 0.500. The van der Waals surface area contributed by atoms with E-state index < -0.39 is 10.1 Å². The Labute approximate surface area is 131 Å². The summed E-state index contributed by atoms with van der Waals surface area (Å²) in [6.45, 7) is 2.22. The molecule has 0 bridgehead atoms. The van der Waals surface area contributed by atoms with Crippen LogP contribution in [0.15, 0.2) is 24.4 Å². The molecule has 22 heavy (non-hydrogen) atoms. The Bertz CT molecular complexity index is 759. The van der Waals surface area contributed by atoms with Gasteiger partial charge in [0.1, 0.15) is 0 Å². The number of hydrogen-bond donors (Lipinski definition) is 2. The minimum atomic E-state index is -3.91. The summed E-state index contributed by atoms with van der Waals surface area (Å²) in [7, 11) is -1.76. The number of aryl methyl sites for hydroxylation is 1. The number of aromatic nitrogens is 1. The lowest BCUT2D eigenvalue weighted by atomic mass is 9.89. The maximum absolute atomic E-state index is 10.9. The molecule has 6 heteroatoms. The van der Waals surface area contributed by atoms with Crippen molar-refractivity contribution in [2.45, 2.75) is 25.2 Å². The number of rotatable bonds is 4. The second-order valence-corrected chi connectivity index (χ2v) is 7.81. The highest BCUT2D eigenvalue weighted by Crippen LogP contribution is 2.33. The molecule has 1 saturated heterocycles. The van der Waals surface area contributed by atoms with Crippen LogP contribution >= 0.6 is 0 Å². The van der Waals surface area contributed by atoms with Gasteiger partial charge in [-0.3, -0.25) is 4.55 Å². The molecule has 3 rings (SSSR count). The van der Waals surface area contributed by atoms with Crippen LogP contribution in [0.2, 0.25) is 0 Å². The number of hydrogen-bond acceptors (Lipinski definition) is 3. The van der Waals surface area contributed by atoms with Gasteiger partial charge in [-0.1, -0.05) is 6.07 Å². The highest BCUT2D eigenvalue weighted by molar-refractivity contribution is 7.85. The SMILES string of the molecule is CN1CCC(c2c[nH]c3ccc(CCS(=O)(=O)O)cc23)CC1. The average molecular weight is 322 g/mol. The van der Waals surface area contributed by atoms with E-state index in [0.29, 0.717) is 12.3 Å². The number of nitrogens with zero attached hydrogens (tertiary/aromatic N) is 1. The van der Waals surface area contributed by atoms with E-state index in [9.17, 15) is 8.42 Å². The first kappa shape index (κ1) is 15.5. The minimum absolute atomic E-state index is 0.230. The van der Waals surface area contributed by atoms with Crippen LogP contribution in [0, 0.1) is 0 Å². The molecular weight excluding hydrogens is 300 g/mol. The molecule has 2 heterocycles. The van der Waals surface area contributed by atoms with Crippen molar-refractivity contribution in [2.75, 3.05) is 25.9 Å². The van der Waals surface area contributed by atoms with Gasteiger partial charge in [0.15, 0.2) is 0 Å². The zero-order valence-corrected chi connectivity index (χ0v) is 13.6. The van der Waals surface area contributed by atoms with Crippen molar-refractivity contribution in [3.63, 3.8) is 0 Å². The van der Waals surface area contributed by atoms with E-state index in [-0.39, 0.29) is 5.75 Å². The fourth-order valence-electron chi connectivity index (χ4n) is 3.25. The Hall–Kier alpha value is -1.37. The lowest BCUT2D eigenvalue weighted by Gasteiger charge is -2.28. The van der Waals surface area contributed by atoms with E-state index in [1.54, 1.807) is 0 Å². The number of H-pyrrole nitrogens is 1. The molecule has 0 saturated carbocycles. The second-order valence-electron chi connectivity index (χ2n) is 6.24. The second kappa shape index (κ2) is 6.02. The van der Waals surface area contributed by atoms with Crippen molar-refractivity contribution in [1.29, 1.82) is 0 Å². The van der Waals surface area contributed by atoms with Gasteiger partial charge in [0.05, 0.1) is 5.75 Å². The molecule has 0 aliphatic carbocycles. The van der Waals surface area contributed by atoms with Crippen LogP contribution in [0.25, 0.3) is 10.9 Å². The predicted molar refractivity (Wildman–Crippen MR) is 87.9 cm³/mol. The zero-order chi connectivity index (χ0) is 15.7. The molecule has 0 radical (unpaired) electrons. The topological polar surface area (TPSA) is 73.4 Å². The molecule has 1 fully saturated rings. The molecule has 2 N–H and O–H groups in total. The Balaban J connectivity index is 1.85. The van der Waals surface area contributed by atoms with Gasteiger partial charge >= 0.3 is 0 Å². The summed E-state index contributed by atoms with van der Waals surface area (Å²) in [6.07, 6.45) is 4.73. The smallest absolute Gasteiger partial charge is 0.265 e. The van der Waals surface area contributed by atoms with Gasteiger partial charge in [0, 0.05) is 17.1 Å². The van der Waals surface area contributed by atoms with Crippen molar-refractivity contribution < 1.29 is 13.0 Å². The van der Waals surface area contributed by atoms with Gasteiger partial charge in [0.2, 0.25) is 0 Å². The number of nitrogens with one attached hydrogen (secondary N) is 1. The maximum atomic E-state index is 10.9. The molecule has 1 aliphatic rings. The van der Waals surface area contributed by atoms with Crippen LogP contribution in [-0.2, 0) is 16.5 Å².